The Hall–Kier alpha value is -0.970. The fourth-order valence-corrected chi connectivity index (χ4v) is 2.16. The molecule has 1 aliphatic rings. The van der Waals surface area contributed by atoms with Gasteiger partial charge >= 0.3 is 0 Å². The van der Waals surface area contributed by atoms with Crippen LogP contribution in [-0.2, 0) is 13.2 Å². The summed E-state index contributed by atoms with van der Waals surface area (Å²) >= 11 is 4.94. The quantitative estimate of drug-likeness (QED) is 0.738. The van der Waals surface area contributed by atoms with Gasteiger partial charge in [-0.15, -0.1) is 0 Å². The van der Waals surface area contributed by atoms with Crippen LogP contribution in [0, 0.1) is 0 Å². The minimum atomic E-state index is 0.105. The van der Waals surface area contributed by atoms with E-state index in [1.807, 2.05) is 12.1 Å². The molecule has 1 aromatic rings. The van der Waals surface area contributed by atoms with Gasteiger partial charge in [0, 0.05) is 25.6 Å². The predicted octanol–water partition coefficient (Wildman–Crippen LogP) is 1.82. The van der Waals surface area contributed by atoms with E-state index in [0.717, 1.165) is 25.1 Å². The summed E-state index contributed by atoms with van der Waals surface area (Å²) in [5, 5.41) is 9.02. The average Bonchev–Trinajstić information content (AvgIpc) is 3.19. The highest BCUT2D eigenvalue weighted by Crippen LogP contribution is 2.28. The molecule has 3 N–H and O–H groups in total. The van der Waals surface area contributed by atoms with E-state index in [2.05, 4.69) is 17.0 Å². The van der Waals surface area contributed by atoms with Crippen molar-refractivity contribution in [3.63, 3.8) is 0 Å². The minimum absolute atomic E-state index is 0.105. The van der Waals surface area contributed by atoms with Gasteiger partial charge in [0.1, 0.15) is 0 Å². The molecule has 1 saturated carbocycles. The van der Waals surface area contributed by atoms with Crippen molar-refractivity contribution in [3.8, 4) is 0 Å². The first-order chi connectivity index (χ1) is 8.69. The highest BCUT2D eigenvalue weighted by atomic mass is 32.1. The number of aliphatic hydroxyl groups is 1. The average molecular weight is 264 g/mol. The lowest BCUT2D eigenvalue weighted by molar-refractivity contribution is 0.262. The van der Waals surface area contributed by atoms with Crippen molar-refractivity contribution in [1.29, 1.82) is 0 Å². The molecule has 2 rings (SSSR count). The van der Waals surface area contributed by atoms with Crippen molar-refractivity contribution >= 4 is 17.2 Å². The number of nitrogens with two attached hydrogens (primary N) is 1. The molecule has 0 aromatic heterocycles. The molecule has 0 saturated heterocycles. The summed E-state index contributed by atoms with van der Waals surface area (Å²) in [7, 11) is 0. The van der Waals surface area contributed by atoms with Crippen LogP contribution in [0.4, 0.5) is 0 Å². The van der Waals surface area contributed by atoms with E-state index >= 15 is 0 Å². The third-order valence-electron chi connectivity index (χ3n) is 3.30. The van der Waals surface area contributed by atoms with Crippen LogP contribution in [0.3, 0.4) is 0 Å². The third-order valence-corrected chi connectivity index (χ3v) is 3.50. The first kappa shape index (κ1) is 13.5. The lowest BCUT2D eigenvalue weighted by atomic mass is 10.1. The van der Waals surface area contributed by atoms with Crippen molar-refractivity contribution in [2.75, 3.05) is 6.54 Å². The lowest BCUT2D eigenvalue weighted by Gasteiger charge is -2.21. The normalized spacial score (nSPS) is 15.0. The molecule has 18 heavy (non-hydrogen) atoms. The Morgan fingerprint density at radius 2 is 1.89 bits per heavy atom. The molecular formula is C14H20N2OS. The van der Waals surface area contributed by atoms with Crippen LogP contribution in [0.15, 0.2) is 24.3 Å². The van der Waals surface area contributed by atoms with Crippen LogP contribution in [0.25, 0.3) is 0 Å². The number of hydrogen-bond acceptors (Lipinski definition) is 3. The fraction of sp³-hybridized carbons (Fsp3) is 0.500. The fourth-order valence-electron chi connectivity index (χ4n) is 2.07. The van der Waals surface area contributed by atoms with Crippen molar-refractivity contribution in [2.24, 2.45) is 5.73 Å². The number of rotatable bonds is 7. The Balaban J connectivity index is 1.92. The van der Waals surface area contributed by atoms with E-state index in [9.17, 15) is 0 Å². The van der Waals surface area contributed by atoms with E-state index in [1.54, 1.807) is 0 Å². The molecule has 1 aromatic carbocycles. The summed E-state index contributed by atoms with van der Waals surface area (Å²) < 4.78 is 0. The van der Waals surface area contributed by atoms with Gasteiger partial charge in [0.05, 0.1) is 11.6 Å². The summed E-state index contributed by atoms with van der Waals surface area (Å²) in [6.07, 6.45) is 3.36. The van der Waals surface area contributed by atoms with Crippen LogP contribution >= 0.6 is 12.2 Å². The number of benzene rings is 1. The summed E-state index contributed by atoms with van der Waals surface area (Å²) in [6, 6.07) is 8.84. The van der Waals surface area contributed by atoms with Crippen LogP contribution in [-0.4, -0.2) is 27.6 Å². The first-order valence-corrected chi connectivity index (χ1v) is 6.81. The summed E-state index contributed by atoms with van der Waals surface area (Å²) in [4.78, 5) is 3.05. The molecule has 0 heterocycles. The van der Waals surface area contributed by atoms with Gasteiger partial charge in [-0.25, -0.2) is 0 Å². The number of thiocarbonyl (C=S) groups is 1. The maximum absolute atomic E-state index is 9.02. The van der Waals surface area contributed by atoms with Crippen molar-refractivity contribution in [3.05, 3.63) is 35.4 Å². The second-order valence-electron chi connectivity index (χ2n) is 4.89. The van der Waals surface area contributed by atoms with Gasteiger partial charge in [0.25, 0.3) is 0 Å². The molecule has 4 heteroatoms. The monoisotopic (exact) mass is 264 g/mol. The zero-order chi connectivity index (χ0) is 13.0. The number of aliphatic hydroxyl groups excluding tert-OH is 1. The summed E-state index contributed by atoms with van der Waals surface area (Å²) in [6.45, 7) is 1.99. The second kappa shape index (κ2) is 6.27. The van der Waals surface area contributed by atoms with Gasteiger partial charge in [-0.1, -0.05) is 36.5 Å². The van der Waals surface area contributed by atoms with Gasteiger partial charge in [0.15, 0.2) is 0 Å². The molecule has 0 aliphatic heterocycles. The Labute approximate surface area is 114 Å². The van der Waals surface area contributed by atoms with Gasteiger partial charge in [0.2, 0.25) is 0 Å². The third kappa shape index (κ3) is 4.05. The highest BCUT2D eigenvalue weighted by molar-refractivity contribution is 7.80. The largest absolute Gasteiger partial charge is 0.393 e. The number of hydrogen-bond donors (Lipinski definition) is 2. The van der Waals surface area contributed by atoms with Gasteiger partial charge in [-0.05, 0) is 24.0 Å². The van der Waals surface area contributed by atoms with Crippen molar-refractivity contribution < 1.29 is 5.11 Å². The Bertz CT molecular complexity index is 401. The Morgan fingerprint density at radius 3 is 2.39 bits per heavy atom. The van der Waals surface area contributed by atoms with Crippen molar-refractivity contribution in [2.45, 2.75) is 38.5 Å². The molecule has 98 valence electrons. The standard InChI is InChI=1S/C14H20N2OS/c15-14(18)7-8-16(13-5-6-13)9-11-1-3-12(10-17)4-2-11/h1-4,13,17H,5-10H2,(H2,15,18). The maximum Gasteiger partial charge on any atom is 0.0740 e. The molecule has 0 amide bonds. The van der Waals surface area contributed by atoms with Gasteiger partial charge in [-0.2, -0.15) is 0 Å². The second-order valence-corrected chi connectivity index (χ2v) is 5.42. The molecule has 1 aliphatic carbocycles. The zero-order valence-corrected chi connectivity index (χ0v) is 11.3. The van der Waals surface area contributed by atoms with E-state index in [-0.39, 0.29) is 6.61 Å². The molecule has 0 spiro atoms. The molecule has 1 fully saturated rings. The molecule has 0 unspecified atom stereocenters. The number of nitrogens with zero attached hydrogens (tertiary/aromatic N) is 1. The van der Waals surface area contributed by atoms with E-state index in [4.69, 9.17) is 23.1 Å². The molecule has 0 atom stereocenters. The van der Waals surface area contributed by atoms with Crippen molar-refractivity contribution in [1.82, 2.24) is 4.90 Å². The minimum Gasteiger partial charge on any atom is -0.393 e. The van der Waals surface area contributed by atoms with E-state index in [0.29, 0.717) is 11.0 Å². The molecule has 0 radical (unpaired) electrons. The highest BCUT2D eigenvalue weighted by Gasteiger charge is 2.28. The Morgan fingerprint density at radius 1 is 1.28 bits per heavy atom. The molecule has 3 nitrogen and oxygen atoms in total. The molecule has 0 bridgehead atoms. The summed E-state index contributed by atoms with van der Waals surface area (Å²) in [5.74, 6) is 0. The van der Waals surface area contributed by atoms with Crippen LogP contribution in [0.5, 0.6) is 0 Å². The topological polar surface area (TPSA) is 49.5 Å². The zero-order valence-electron chi connectivity index (χ0n) is 10.5. The van der Waals surface area contributed by atoms with Crippen LogP contribution in [0.1, 0.15) is 30.4 Å². The maximum atomic E-state index is 9.02. The molecular weight excluding hydrogens is 244 g/mol. The van der Waals surface area contributed by atoms with E-state index in [1.165, 1.54) is 18.4 Å². The van der Waals surface area contributed by atoms with Gasteiger partial charge < -0.3 is 10.8 Å². The van der Waals surface area contributed by atoms with Crippen LogP contribution in [0.2, 0.25) is 0 Å². The van der Waals surface area contributed by atoms with Crippen LogP contribution < -0.4 is 5.73 Å². The SMILES string of the molecule is NC(=S)CCN(Cc1ccc(CO)cc1)C1CC1. The predicted molar refractivity (Wildman–Crippen MR) is 77.2 cm³/mol. The first-order valence-electron chi connectivity index (χ1n) is 6.40. The van der Waals surface area contributed by atoms with Gasteiger partial charge in [-0.3, -0.25) is 4.90 Å². The Kier molecular flexibility index (Phi) is 4.69. The summed E-state index contributed by atoms with van der Waals surface area (Å²) in [5.41, 5.74) is 7.81. The van der Waals surface area contributed by atoms with E-state index < -0.39 is 0 Å². The lowest BCUT2D eigenvalue weighted by Crippen LogP contribution is -2.29. The smallest absolute Gasteiger partial charge is 0.0740 e.